The lowest BCUT2D eigenvalue weighted by Gasteiger charge is -2.15. The van der Waals surface area contributed by atoms with Crippen LogP contribution in [0, 0.1) is 0 Å². The van der Waals surface area contributed by atoms with Gasteiger partial charge in [-0.2, -0.15) is 0 Å². The Hall–Kier alpha value is -1.07. The van der Waals surface area contributed by atoms with Crippen LogP contribution in [0.3, 0.4) is 0 Å². The lowest BCUT2D eigenvalue weighted by Crippen LogP contribution is -2.24. The molecular formula is C10H15NO3S. The Morgan fingerprint density at radius 3 is 2.27 bits per heavy atom. The maximum Gasteiger partial charge on any atom is 0.160 e. The summed E-state index contributed by atoms with van der Waals surface area (Å²) >= 11 is 0. The minimum atomic E-state index is -2.98. The van der Waals surface area contributed by atoms with Gasteiger partial charge in [-0.25, -0.2) is 8.42 Å². The van der Waals surface area contributed by atoms with Gasteiger partial charge in [0.15, 0.2) is 9.84 Å². The zero-order valence-corrected chi connectivity index (χ0v) is 9.66. The molecule has 0 saturated carbocycles. The van der Waals surface area contributed by atoms with E-state index in [9.17, 15) is 8.42 Å². The molecule has 0 fully saturated rings. The molecule has 0 heterocycles. The largest absolute Gasteiger partial charge is 0.508 e. The zero-order chi connectivity index (χ0) is 11.5. The highest BCUT2D eigenvalue weighted by molar-refractivity contribution is 7.90. The highest BCUT2D eigenvalue weighted by Crippen LogP contribution is 2.11. The molecular weight excluding hydrogens is 214 g/mol. The summed E-state index contributed by atoms with van der Waals surface area (Å²) < 4.78 is 22.0. The van der Waals surface area contributed by atoms with Crippen LogP contribution in [0.25, 0.3) is 0 Å². The number of phenolic OH excluding ortho intramolecular Hbond substituents is 1. The average molecular weight is 229 g/mol. The molecule has 0 spiro atoms. The molecule has 15 heavy (non-hydrogen) atoms. The molecule has 0 saturated heterocycles. The summed E-state index contributed by atoms with van der Waals surface area (Å²) in [5, 5.41) is 9.07. The third-order valence-corrected chi connectivity index (χ3v) is 2.75. The predicted octanol–water partition coefficient (Wildman–Crippen LogP) is 0.826. The molecule has 0 aromatic heterocycles. The van der Waals surface area contributed by atoms with Gasteiger partial charge in [-0.1, -0.05) is 12.1 Å². The number of rotatable bonds is 4. The first-order chi connectivity index (χ1) is 6.87. The van der Waals surface area contributed by atoms with Gasteiger partial charge in [-0.15, -0.1) is 0 Å². The van der Waals surface area contributed by atoms with E-state index in [-0.39, 0.29) is 11.6 Å². The Morgan fingerprint density at radius 1 is 1.27 bits per heavy atom. The number of benzene rings is 1. The second-order valence-corrected chi connectivity index (χ2v) is 5.85. The van der Waals surface area contributed by atoms with Gasteiger partial charge >= 0.3 is 0 Å². The monoisotopic (exact) mass is 229 g/mol. The van der Waals surface area contributed by atoms with Crippen LogP contribution in [0.5, 0.6) is 5.75 Å². The van der Waals surface area contributed by atoms with Crippen molar-refractivity contribution in [2.45, 2.75) is 6.54 Å². The average Bonchev–Trinajstić information content (AvgIpc) is 2.05. The molecule has 0 amide bonds. The summed E-state index contributed by atoms with van der Waals surface area (Å²) in [6.45, 7) is 0.549. The molecule has 0 aliphatic heterocycles. The van der Waals surface area contributed by atoms with Gasteiger partial charge in [0.25, 0.3) is 0 Å². The highest BCUT2D eigenvalue weighted by atomic mass is 32.2. The molecule has 0 radical (unpaired) electrons. The Bertz CT molecular complexity index is 411. The fraction of sp³-hybridized carbons (Fsp3) is 0.400. The van der Waals surface area contributed by atoms with Crippen LogP contribution >= 0.6 is 0 Å². The van der Waals surface area contributed by atoms with Gasteiger partial charge in [-0.3, -0.25) is 4.90 Å². The van der Waals surface area contributed by atoms with E-state index in [4.69, 9.17) is 5.11 Å². The summed E-state index contributed by atoms with van der Waals surface area (Å²) in [4.78, 5) is 1.71. The zero-order valence-electron chi connectivity index (χ0n) is 8.84. The second-order valence-electron chi connectivity index (χ2n) is 3.74. The van der Waals surface area contributed by atoms with E-state index in [1.807, 2.05) is 0 Å². The molecule has 1 aromatic rings. The topological polar surface area (TPSA) is 57.6 Å². The van der Waals surface area contributed by atoms with Crippen molar-refractivity contribution in [2.75, 3.05) is 19.2 Å². The van der Waals surface area contributed by atoms with Crippen LogP contribution in [0.15, 0.2) is 24.3 Å². The number of phenols is 1. The number of nitrogens with zero attached hydrogens (tertiary/aromatic N) is 1. The van der Waals surface area contributed by atoms with Crippen molar-refractivity contribution in [1.82, 2.24) is 4.90 Å². The SMILES string of the molecule is CN(Cc1ccc(O)cc1)CS(C)(=O)=O. The Kier molecular flexibility index (Phi) is 3.71. The normalized spacial score (nSPS) is 11.9. The van der Waals surface area contributed by atoms with E-state index in [0.717, 1.165) is 5.56 Å². The number of sulfone groups is 1. The van der Waals surface area contributed by atoms with Crippen molar-refractivity contribution in [3.05, 3.63) is 29.8 Å². The van der Waals surface area contributed by atoms with Crippen LogP contribution < -0.4 is 0 Å². The maximum absolute atomic E-state index is 11.0. The van der Waals surface area contributed by atoms with Gasteiger partial charge < -0.3 is 5.11 Å². The van der Waals surface area contributed by atoms with Crippen molar-refractivity contribution < 1.29 is 13.5 Å². The van der Waals surface area contributed by atoms with E-state index in [2.05, 4.69) is 0 Å². The molecule has 84 valence electrons. The minimum absolute atomic E-state index is 0.0356. The fourth-order valence-corrected chi connectivity index (χ4v) is 2.25. The third-order valence-electron chi connectivity index (χ3n) is 1.84. The summed E-state index contributed by atoms with van der Waals surface area (Å²) in [6.07, 6.45) is 1.21. The fourth-order valence-electron chi connectivity index (χ4n) is 1.36. The van der Waals surface area contributed by atoms with E-state index >= 15 is 0 Å². The van der Waals surface area contributed by atoms with Gasteiger partial charge in [0.2, 0.25) is 0 Å². The number of aromatic hydroxyl groups is 1. The standard InChI is InChI=1S/C10H15NO3S/c1-11(8-15(2,13)14)7-9-3-5-10(12)6-4-9/h3-6,12H,7-8H2,1-2H3. The number of hydrogen-bond acceptors (Lipinski definition) is 4. The Balaban J connectivity index is 2.59. The Morgan fingerprint density at radius 2 is 1.80 bits per heavy atom. The van der Waals surface area contributed by atoms with Gasteiger partial charge in [-0.05, 0) is 24.7 Å². The van der Waals surface area contributed by atoms with Gasteiger partial charge in [0.1, 0.15) is 11.6 Å². The van der Waals surface area contributed by atoms with Crippen LogP contribution in [0.2, 0.25) is 0 Å². The van der Waals surface area contributed by atoms with Crippen LogP contribution in [-0.4, -0.2) is 37.6 Å². The molecule has 0 unspecified atom stereocenters. The summed E-state index contributed by atoms with van der Waals surface area (Å²) in [5.41, 5.74) is 0.971. The first-order valence-electron chi connectivity index (χ1n) is 4.51. The van der Waals surface area contributed by atoms with Crippen molar-refractivity contribution in [3.63, 3.8) is 0 Å². The molecule has 0 aliphatic carbocycles. The molecule has 5 heteroatoms. The minimum Gasteiger partial charge on any atom is -0.508 e. The summed E-state index contributed by atoms with van der Waals surface area (Å²) in [6, 6.07) is 6.72. The Labute approximate surface area is 90.1 Å². The van der Waals surface area contributed by atoms with E-state index in [1.165, 1.54) is 6.26 Å². The third kappa shape index (κ3) is 4.80. The predicted molar refractivity (Wildman–Crippen MR) is 59.3 cm³/mol. The quantitative estimate of drug-likeness (QED) is 0.830. The highest BCUT2D eigenvalue weighted by Gasteiger charge is 2.07. The van der Waals surface area contributed by atoms with Crippen molar-refractivity contribution in [2.24, 2.45) is 0 Å². The van der Waals surface area contributed by atoms with Crippen molar-refractivity contribution in [3.8, 4) is 5.75 Å². The summed E-state index contributed by atoms with van der Waals surface area (Å²) in [7, 11) is -1.23. The molecule has 0 atom stereocenters. The lowest BCUT2D eigenvalue weighted by molar-refractivity contribution is 0.375. The maximum atomic E-state index is 11.0. The van der Waals surface area contributed by atoms with E-state index in [1.54, 1.807) is 36.2 Å². The molecule has 4 nitrogen and oxygen atoms in total. The van der Waals surface area contributed by atoms with Gasteiger partial charge in [0.05, 0.1) is 0 Å². The van der Waals surface area contributed by atoms with Crippen LogP contribution in [0.1, 0.15) is 5.56 Å². The van der Waals surface area contributed by atoms with Crippen LogP contribution in [0.4, 0.5) is 0 Å². The lowest BCUT2D eigenvalue weighted by atomic mass is 10.2. The molecule has 1 aromatic carbocycles. The first-order valence-corrected chi connectivity index (χ1v) is 6.57. The second kappa shape index (κ2) is 4.63. The van der Waals surface area contributed by atoms with Crippen molar-refractivity contribution >= 4 is 9.84 Å². The van der Waals surface area contributed by atoms with Crippen LogP contribution in [-0.2, 0) is 16.4 Å². The summed E-state index contributed by atoms with van der Waals surface area (Å²) in [5.74, 6) is 0.248. The number of hydrogen-bond donors (Lipinski definition) is 1. The van der Waals surface area contributed by atoms with Gasteiger partial charge in [0, 0.05) is 12.8 Å². The van der Waals surface area contributed by atoms with Crippen molar-refractivity contribution in [1.29, 1.82) is 0 Å². The van der Waals surface area contributed by atoms with E-state index < -0.39 is 9.84 Å². The molecule has 1 rings (SSSR count). The molecule has 0 bridgehead atoms. The first kappa shape index (κ1) is 12.0. The smallest absolute Gasteiger partial charge is 0.160 e. The van der Waals surface area contributed by atoms with E-state index in [0.29, 0.717) is 6.54 Å². The molecule has 1 N–H and O–H groups in total. The molecule has 0 aliphatic rings.